The van der Waals surface area contributed by atoms with E-state index in [0.717, 1.165) is 42.8 Å². The second-order valence-electron chi connectivity index (χ2n) is 8.16. The highest BCUT2D eigenvalue weighted by Gasteiger charge is 2.27. The molecule has 176 valence electrons. The van der Waals surface area contributed by atoms with Crippen molar-refractivity contribution in [3.8, 4) is 11.8 Å². The van der Waals surface area contributed by atoms with E-state index in [1.807, 2.05) is 19.9 Å². The molecule has 0 unspecified atom stereocenters. The van der Waals surface area contributed by atoms with Crippen molar-refractivity contribution in [1.82, 2.24) is 25.1 Å². The third-order valence-corrected chi connectivity index (χ3v) is 5.90. The Morgan fingerprint density at radius 2 is 2.06 bits per heavy atom. The lowest BCUT2D eigenvalue weighted by molar-refractivity contribution is 0.0846. The van der Waals surface area contributed by atoms with E-state index in [1.54, 1.807) is 26.5 Å². The summed E-state index contributed by atoms with van der Waals surface area (Å²) in [6, 6.07) is 3.82. The Labute approximate surface area is 192 Å². The maximum atomic E-state index is 12.4. The third kappa shape index (κ3) is 4.90. The number of methoxy groups -OCH3 is 2. The standard InChI is InChI=1S/C23H30N6O4/c1-5-17(30)16-12-19(26-23(25-16)33-14(2)13-31-3)29-10-7-15(8-11-29)21-20-18(32-4)6-9-24-22(20)28-27-21/h6,9,12,14-15H,5,7-8,10-11,13H2,1-4H3,(H,24,27,28)/t14-/m1/s1. The molecular formula is C23H30N6O4. The van der Waals surface area contributed by atoms with Gasteiger partial charge in [-0.05, 0) is 25.8 Å². The van der Waals surface area contributed by atoms with Crippen molar-refractivity contribution in [3.05, 3.63) is 29.7 Å². The van der Waals surface area contributed by atoms with Gasteiger partial charge in [-0.1, -0.05) is 6.92 Å². The van der Waals surface area contributed by atoms with Crippen LogP contribution in [0.1, 0.15) is 55.2 Å². The monoisotopic (exact) mass is 454 g/mol. The minimum Gasteiger partial charge on any atom is -0.496 e. The summed E-state index contributed by atoms with van der Waals surface area (Å²) in [5.74, 6) is 1.73. The lowest BCUT2D eigenvalue weighted by Gasteiger charge is -2.32. The largest absolute Gasteiger partial charge is 0.496 e. The van der Waals surface area contributed by atoms with Crippen molar-refractivity contribution in [2.24, 2.45) is 0 Å². The molecule has 0 saturated carbocycles. The Bertz CT molecular complexity index is 1110. The van der Waals surface area contributed by atoms with Gasteiger partial charge in [-0.2, -0.15) is 15.1 Å². The summed E-state index contributed by atoms with van der Waals surface area (Å²) in [6.07, 6.45) is 3.64. The number of nitrogens with zero attached hydrogens (tertiary/aromatic N) is 5. The minimum absolute atomic E-state index is 0.0405. The molecule has 3 aromatic rings. The van der Waals surface area contributed by atoms with Gasteiger partial charge in [0.05, 0.1) is 24.8 Å². The zero-order valence-corrected chi connectivity index (χ0v) is 19.5. The van der Waals surface area contributed by atoms with E-state index in [-0.39, 0.29) is 17.9 Å². The average Bonchev–Trinajstić information content (AvgIpc) is 3.28. The molecule has 1 aliphatic heterocycles. The first kappa shape index (κ1) is 22.9. The van der Waals surface area contributed by atoms with E-state index >= 15 is 0 Å². The number of anilines is 1. The number of H-pyrrole nitrogens is 1. The molecule has 10 heteroatoms. The molecule has 0 radical (unpaired) electrons. The smallest absolute Gasteiger partial charge is 0.319 e. The van der Waals surface area contributed by atoms with Crippen LogP contribution in [0, 0.1) is 0 Å². The molecule has 0 aromatic carbocycles. The van der Waals surface area contributed by atoms with E-state index < -0.39 is 0 Å². The Morgan fingerprint density at radius 3 is 2.76 bits per heavy atom. The van der Waals surface area contributed by atoms with E-state index in [4.69, 9.17) is 14.2 Å². The van der Waals surface area contributed by atoms with Gasteiger partial charge in [-0.25, -0.2) is 4.98 Å². The number of pyridine rings is 1. The zero-order valence-electron chi connectivity index (χ0n) is 19.5. The Kier molecular flexibility index (Phi) is 7.02. The molecule has 4 rings (SSSR count). The molecule has 1 aliphatic rings. The molecule has 1 N–H and O–H groups in total. The Hall–Kier alpha value is -3.27. The van der Waals surface area contributed by atoms with Crippen LogP contribution in [0.15, 0.2) is 18.3 Å². The van der Waals surface area contributed by atoms with Crippen molar-refractivity contribution in [2.45, 2.75) is 45.1 Å². The lowest BCUT2D eigenvalue weighted by atomic mass is 9.92. The number of rotatable bonds is 9. The van der Waals surface area contributed by atoms with Crippen LogP contribution in [0.4, 0.5) is 5.82 Å². The number of aromatic amines is 1. The molecule has 10 nitrogen and oxygen atoms in total. The van der Waals surface area contributed by atoms with Crippen LogP contribution in [0.25, 0.3) is 11.0 Å². The number of ether oxygens (including phenoxy) is 3. The van der Waals surface area contributed by atoms with Crippen LogP contribution in [0.3, 0.4) is 0 Å². The predicted molar refractivity (Wildman–Crippen MR) is 123 cm³/mol. The number of carbonyl (C=O) groups is 1. The van der Waals surface area contributed by atoms with E-state index in [9.17, 15) is 4.79 Å². The molecule has 0 amide bonds. The maximum Gasteiger partial charge on any atom is 0.319 e. The van der Waals surface area contributed by atoms with Gasteiger partial charge >= 0.3 is 6.01 Å². The molecule has 3 aromatic heterocycles. The zero-order chi connectivity index (χ0) is 23.4. The fourth-order valence-corrected chi connectivity index (χ4v) is 4.20. The number of aromatic nitrogens is 5. The molecule has 1 fully saturated rings. The summed E-state index contributed by atoms with van der Waals surface area (Å²) >= 11 is 0. The Balaban J connectivity index is 1.54. The summed E-state index contributed by atoms with van der Waals surface area (Å²) < 4.78 is 16.5. The van der Waals surface area contributed by atoms with E-state index in [2.05, 4.69) is 30.0 Å². The molecule has 1 saturated heterocycles. The molecule has 0 bridgehead atoms. The van der Waals surface area contributed by atoms with Gasteiger partial charge in [0.25, 0.3) is 0 Å². The number of carbonyl (C=O) groups excluding carboxylic acids is 1. The van der Waals surface area contributed by atoms with Crippen LogP contribution < -0.4 is 14.4 Å². The first-order valence-electron chi connectivity index (χ1n) is 11.2. The van der Waals surface area contributed by atoms with Crippen LogP contribution in [-0.4, -0.2) is 71.0 Å². The van der Waals surface area contributed by atoms with Crippen molar-refractivity contribution in [3.63, 3.8) is 0 Å². The van der Waals surface area contributed by atoms with Crippen molar-refractivity contribution >= 4 is 22.6 Å². The first-order chi connectivity index (χ1) is 16.0. The van der Waals surface area contributed by atoms with Gasteiger partial charge in [0.2, 0.25) is 0 Å². The highest BCUT2D eigenvalue weighted by molar-refractivity contribution is 5.94. The minimum atomic E-state index is -0.224. The average molecular weight is 455 g/mol. The van der Waals surface area contributed by atoms with E-state index in [1.165, 1.54) is 0 Å². The second kappa shape index (κ2) is 10.1. The summed E-state index contributed by atoms with van der Waals surface area (Å²) in [5, 5.41) is 8.48. The molecule has 33 heavy (non-hydrogen) atoms. The summed E-state index contributed by atoms with van der Waals surface area (Å²) in [4.78, 5) is 27.8. The van der Waals surface area contributed by atoms with Crippen molar-refractivity contribution in [1.29, 1.82) is 0 Å². The lowest BCUT2D eigenvalue weighted by Crippen LogP contribution is -2.34. The number of hydrogen-bond donors (Lipinski definition) is 1. The second-order valence-corrected chi connectivity index (χ2v) is 8.16. The van der Waals surface area contributed by atoms with Gasteiger partial charge in [0.1, 0.15) is 23.4 Å². The summed E-state index contributed by atoms with van der Waals surface area (Å²) in [7, 11) is 3.27. The van der Waals surface area contributed by atoms with Crippen LogP contribution in [0.2, 0.25) is 0 Å². The molecule has 1 atom stereocenters. The van der Waals surface area contributed by atoms with Gasteiger partial charge in [0, 0.05) is 44.8 Å². The highest BCUT2D eigenvalue weighted by Crippen LogP contribution is 2.36. The van der Waals surface area contributed by atoms with Gasteiger partial charge in [-0.15, -0.1) is 0 Å². The fourth-order valence-electron chi connectivity index (χ4n) is 4.20. The number of fused-ring (bicyclic) bond motifs is 1. The third-order valence-electron chi connectivity index (χ3n) is 5.90. The first-order valence-corrected chi connectivity index (χ1v) is 11.2. The SMILES string of the molecule is CCC(=O)c1cc(N2CCC(c3[nH]nc4nccc(OC)c34)CC2)nc(O[C@H](C)COC)n1. The highest BCUT2D eigenvalue weighted by atomic mass is 16.5. The van der Waals surface area contributed by atoms with Crippen LogP contribution >= 0.6 is 0 Å². The number of hydrogen-bond acceptors (Lipinski definition) is 9. The van der Waals surface area contributed by atoms with Gasteiger partial charge in [-0.3, -0.25) is 9.89 Å². The number of Topliss-reactive ketones (excluding diaryl/α,β-unsaturated/α-hetero) is 1. The number of ketones is 1. The Morgan fingerprint density at radius 1 is 1.27 bits per heavy atom. The normalized spacial score (nSPS) is 15.6. The van der Waals surface area contributed by atoms with Gasteiger partial charge in [0.15, 0.2) is 11.4 Å². The number of piperidine rings is 1. The van der Waals surface area contributed by atoms with Crippen LogP contribution in [0.5, 0.6) is 11.8 Å². The van der Waals surface area contributed by atoms with Crippen molar-refractivity contribution < 1.29 is 19.0 Å². The molecular weight excluding hydrogens is 424 g/mol. The maximum absolute atomic E-state index is 12.4. The predicted octanol–water partition coefficient (Wildman–Crippen LogP) is 3.15. The molecule has 4 heterocycles. The molecule has 0 spiro atoms. The summed E-state index contributed by atoms with van der Waals surface area (Å²) in [6.45, 7) is 5.66. The van der Waals surface area contributed by atoms with Crippen LogP contribution in [-0.2, 0) is 4.74 Å². The number of nitrogens with one attached hydrogen (secondary N) is 1. The van der Waals surface area contributed by atoms with E-state index in [0.29, 0.717) is 36.1 Å². The topological polar surface area (TPSA) is 115 Å². The van der Waals surface area contributed by atoms with Crippen molar-refractivity contribution in [2.75, 3.05) is 38.8 Å². The quantitative estimate of drug-likeness (QED) is 0.487. The fraction of sp³-hybridized carbons (Fsp3) is 0.522. The molecule has 0 aliphatic carbocycles. The van der Waals surface area contributed by atoms with Gasteiger partial charge < -0.3 is 19.1 Å². The summed E-state index contributed by atoms with van der Waals surface area (Å²) in [5.41, 5.74) is 2.09.